The molecule has 148 valence electrons. The number of anilines is 1. The van der Waals surface area contributed by atoms with Gasteiger partial charge in [0.15, 0.2) is 0 Å². The van der Waals surface area contributed by atoms with Gasteiger partial charge in [0.05, 0.1) is 17.7 Å². The lowest BCUT2D eigenvalue weighted by Crippen LogP contribution is -2.50. The molecule has 2 fully saturated rings. The van der Waals surface area contributed by atoms with E-state index < -0.39 is 17.2 Å². The van der Waals surface area contributed by atoms with Crippen molar-refractivity contribution in [1.29, 1.82) is 0 Å². The van der Waals surface area contributed by atoms with E-state index in [0.717, 1.165) is 18.9 Å². The van der Waals surface area contributed by atoms with Crippen LogP contribution in [0.25, 0.3) is 10.9 Å². The summed E-state index contributed by atoms with van der Waals surface area (Å²) in [5.74, 6) is -2.03. The van der Waals surface area contributed by atoms with Crippen molar-refractivity contribution in [2.45, 2.75) is 18.9 Å². The quantitative estimate of drug-likeness (QED) is 0.801. The van der Waals surface area contributed by atoms with Crippen molar-refractivity contribution >= 4 is 28.5 Å². The van der Waals surface area contributed by atoms with E-state index in [4.69, 9.17) is 5.73 Å². The number of rotatable bonds is 4. The third-order valence-corrected chi connectivity index (χ3v) is 5.42. The summed E-state index contributed by atoms with van der Waals surface area (Å²) < 4.78 is 16.6. The van der Waals surface area contributed by atoms with Crippen LogP contribution in [-0.2, 0) is 4.79 Å². The second-order valence-corrected chi connectivity index (χ2v) is 7.21. The number of carboxylic acid groups (broad SMARTS) is 1. The Hall–Kier alpha value is -2.94. The predicted molar refractivity (Wildman–Crippen MR) is 101 cm³/mol. The van der Waals surface area contributed by atoms with Gasteiger partial charge >= 0.3 is 5.97 Å². The van der Waals surface area contributed by atoms with Crippen molar-refractivity contribution in [2.24, 2.45) is 5.73 Å². The number of aromatic carboxylic acids is 1. The van der Waals surface area contributed by atoms with Crippen LogP contribution in [0.4, 0.5) is 10.1 Å². The molecule has 1 saturated carbocycles. The van der Waals surface area contributed by atoms with Crippen molar-refractivity contribution in [3.8, 4) is 0 Å². The monoisotopic (exact) mass is 388 g/mol. The maximum absolute atomic E-state index is 14.8. The Morgan fingerprint density at radius 3 is 2.43 bits per heavy atom. The van der Waals surface area contributed by atoms with Gasteiger partial charge in [0, 0.05) is 43.8 Å². The van der Waals surface area contributed by atoms with Crippen LogP contribution in [-0.4, -0.2) is 59.2 Å². The summed E-state index contributed by atoms with van der Waals surface area (Å²) in [5, 5.41) is 9.39. The Morgan fingerprint density at radius 2 is 1.86 bits per heavy atom. The lowest BCUT2D eigenvalue weighted by atomic mass is 10.1. The van der Waals surface area contributed by atoms with Crippen LogP contribution in [0.5, 0.6) is 0 Å². The molecule has 0 atom stereocenters. The number of halogens is 1. The fourth-order valence-corrected chi connectivity index (χ4v) is 3.73. The number of hydrogen-bond acceptors (Lipinski definition) is 5. The second-order valence-electron chi connectivity index (χ2n) is 7.21. The first-order valence-electron chi connectivity index (χ1n) is 9.25. The first-order chi connectivity index (χ1) is 13.4. The summed E-state index contributed by atoms with van der Waals surface area (Å²) in [4.78, 5) is 39.1. The summed E-state index contributed by atoms with van der Waals surface area (Å²) in [5.41, 5.74) is 5.26. The summed E-state index contributed by atoms with van der Waals surface area (Å²) in [6, 6.07) is 2.88. The van der Waals surface area contributed by atoms with Gasteiger partial charge in [-0.2, -0.15) is 0 Å². The Labute approximate surface area is 159 Å². The molecule has 8 nitrogen and oxygen atoms in total. The van der Waals surface area contributed by atoms with Crippen LogP contribution in [0, 0.1) is 5.82 Å². The highest BCUT2D eigenvalue weighted by Gasteiger charge is 2.28. The number of carbonyl (C=O) groups excluding carboxylic acids is 1. The average Bonchev–Trinajstić information content (AvgIpc) is 3.52. The third-order valence-electron chi connectivity index (χ3n) is 5.42. The van der Waals surface area contributed by atoms with Gasteiger partial charge in [-0.25, -0.2) is 9.18 Å². The molecule has 1 aliphatic heterocycles. The van der Waals surface area contributed by atoms with Crippen LogP contribution in [0.2, 0.25) is 0 Å². The van der Waals surface area contributed by atoms with Gasteiger partial charge in [-0.15, -0.1) is 0 Å². The van der Waals surface area contributed by atoms with E-state index in [1.165, 1.54) is 6.20 Å². The topological polar surface area (TPSA) is 109 Å². The van der Waals surface area contributed by atoms with Crippen LogP contribution >= 0.6 is 0 Å². The maximum Gasteiger partial charge on any atom is 0.341 e. The average molecular weight is 388 g/mol. The van der Waals surface area contributed by atoms with E-state index in [2.05, 4.69) is 0 Å². The van der Waals surface area contributed by atoms with Gasteiger partial charge in [-0.05, 0) is 25.0 Å². The maximum atomic E-state index is 14.8. The molecule has 1 aromatic heterocycles. The highest BCUT2D eigenvalue weighted by molar-refractivity contribution is 5.93. The Balaban J connectivity index is 1.75. The van der Waals surface area contributed by atoms with Crippen molar-refractivity contribution < 1.29 is 19.1 Å². The molecule has 1 aromatic carbocycles. The number of nitrogens with zero attached hydrogens (tertiary/aromatic N) is 3. The molecule has 3 N–H and O–H groups in total. The van der Waals surface area contributed by atoms with Crippen LogP contribution in [0.1, 0.15) is 29.2 Å². The van der Waals surface area contributed by atoms with Crippen LogP contribution < -0.4 is 16.1 Å². The summed E-state index contributed by atoms with van der Waals surface area (Å²) in [6.07, 6.45) is 3.15. The van der Waals surface area contributed by atoms with Crippen LogP contribution in [0.15, 0.2) is 23.1 Å². The minimum absolute atomic E-state index is 0.0517. The largest absolute Gasteiger partial charge is 0.477 e. The van der Waals surface area contributed by atoms with Crippen molar-refractivity contribution in [3.05, 3.63) is 39.9 Å². The molecule has 9 heteroatoms. The fraction of sp³-hybridized carbons (Fsp3) is 0.421. The number of amides is 1. The summed E-state index contributed by atoms with van der Waals surface area (Å²) in [6.45, 7) is 1.75. The number of pyridine rings is 1. The number of piperazine rings is 1. The predicted octanol–water partition coefficient (Wildman–Crippen LogP) is 0.781. The molecule has 2 aliphatic rings. The molecule has 1 aliphatic carbocycles. The van der Waals surface area contributed by atoms with Crippen molar-refractivity contribution in [3.63, 3.8) is 0 Å². The zero-order chi connectivity index (χ0) is 20.0. The van der Waals surface area contributed by atoms with E-state index in [1.54, 1.807) is 15.5 Å². The summed E-state index contributed by atoms with van der Waals surface area (Å²) >= 11 is 0. The van der Waals surface area contributed by atoms with Gasteiger partial charge in [-0.1, -0.05) is 0 Å². The van der Waals surface area contributed by atoms with Gasteiger partial charge in [-0.3, -0.25) is 9.59 Å². The Kier molecular flexibility index (Phi) is 4.54. The Bertz CT molecular complexity index is 1020. The number of aromatic nitrogens is 1. The highest BCUT2D eigenvalue weighted by atomic mass is 19.1. The summed E-state index contributed by atoms with van der Waals surface area (Å²) in [7, 11) is 0. The van der Waals surface area contributed by atoms with Gasteiger partial charge in [0.1, 0.15) is 11.4 Å². The minimum Gasteiger partial charge on any atom is -0.477 e. The van der Waals surface area contributed by atoms with E-state index in [1.807, 2.05) is 4.90 Å². The second kappa shape index (κ2) is 6.90. The minimum atomic E-state index is -1.31. The smallest absolute Gasteiger partial charge is 0.341 e. The van der Waals surface area contributed by atoms with E-state index in [-0.39, 0.29) is 29.4 Å². The molecular weight excluding hydrogens is 367 g/mol. The number of hydrogen-bond donors (Lipinski definition) is 2. The molecule has 2 heterocycles. The molecule has 0 radical (unpaired) electrons. The molecule has 0 spiro atoms. The van der Waals surface area contributed by atoms with Crippen molar-refractivity contribution in [2.75, 3.05) is 37.6 Å². The molecule has 2 aromatic rings. The first-order valence-corrected chi connectivity index (χ1v) is 9.25. The molecule has 28 heavy (non-hydrogen) atoms. The zero-order valence-electron chi connectivity index (χ0n) is 15.2. The normalized spacial score (nSPS) is 17.2. The molecular formula is C19H21FN4O4. The molecule has 0 bridgehead atoms. The van der Waals surface area contributed by atoms with Gasteiger partial charge < -0.3 is 25.2 Å². The van der Waals surface area contributed by atoms with E-state index in [0.29, 0.717) is 37.4 Å². The first kappa shape index (κ1) is 18.4. The van der Waals surface area contributed by atoms with E-state index >= 15 is 0 Å². The molecule has 1 saturated heterocycles. The number of benzene rings is 1. The number of carbonyl (C=O) groups is 2. The Morgan fingerprint density at radius 1 is 1.18 bits per heavy atom. The van der Waals surface area contributed by atoms with Gasteiger partial charge in [0.25, 0.3) is 0 Å². The van der Waals surface area contributed by atoms with Crippen LogP contribution in [0.3, 0.4) is 0 Å². The standard InChI is InChI=1S/C19H21FN4O4/c20-14-7-12-15(24(11-1-2-11)10-13(18(12)26)19(27)28)8-16(14)22-3-5-23(6-4-22)17(25)9-21/h7-8,10-11H,1-6,9,21H2,(H,27,28). The third kappa shape index (κ3) is 3.11. The zero-order valence-corrected chi connectivity index (χ0v) is 15.2. The lowest BCUT2D eigenvalue weighted by molar-refractivity contribution is -0.129. The SMILES string of the molecule is NCC(=O)N1CCN(c2cc3c(cc2F)c(=O)c(C(=O)O)cn3C2CC2)CC1. The van der Waals surface area contributed by atoms with E-state index in [9.17, 15) is 23.9 Å². The van der Waals surface area contributed by atoms with Crippen molar-refractivity contribution in [1.82, 2.24) is 9.47 Å². The molecule has 1 amide bonds. The fourth-order valence-electron chi connectivity index (χ4n) is 3.73. The molecule has 4 rings (SSSR count). The number of nitrogens with two attached hydrogens (primary N) is 1. The lowest BCUT2D eigenvalue weighted by Gasteiger charge is -2.36. The highest BCUT2D eigenvalue weighted by Crippen LogP contribution is 2.38. The van der Waals surface area contributed by atoms with Gasteiger partial charge in [0.2, 0.25) is 11.3 Å². The number of carboxylic acids is 1. The molecule has 0 unspecified atom stereocenters. The number of fused-ring (bicyclic) bond motifs is 1.